The number of rotatable bonds is 6. The molecule has 29 heavy (non-hydrogen) atoms. The smallest absolute Gasteiger partial charge is 0.134 e. The van der Waals surface area contributed by atoms with E-state index < -0.39 is 0 Å². The van der Waals surface area contributed by atoms with Crippen molar-refractivity contribution < 1.29 is 5.11 Å². The first kappa shape index (κ1) is 20.2. The zero-order valence-corrected chi connectivity index (χ0v) is 17.9. The van der Waals surface area contributed by atoms with Crippen LogP contribution >= 0.6 is 11.6 Å². The third kappa shape index (κ3) is 4.43. The van der Waals surface area contributed by atoms with Crippen molar-refractivity contribution in [1.29, 1.82) is 0 Å². The molecule has 3 heterocycles. The number of aliphatic hydroxyl groups excluding tert-OH is 1. The number of benzene rings is 1. The molecule has 0 amide bonds. The lowest BCUT2D eigenvalue weighted by Crippen LogP contribution is -2.47. The fourth-order valence-electron chi connectivity index (χ4n) is 4.33. The molecule has 1 atom stereocenters. The molecule has 2 saturated heterocycles. The number of hydrogen-bond acceptors (Lipinski definition) is 6. The van der Waals surface area contributed by atoms with Gasteiger partial charge in [0.1, 0.15) is 17.5 Å². The summed E-state index contributed by atoms with van der Waals surface area (Å²) in [6, 6.07) is 10.3. The summed E-state index contributed by atoms with van der Waals surface area (Å²) in [6.07, 6.45) is 4.02. The molecular weight excluding hydrogens is 386 g/mol. The van der Waals surface area contributed by atoms with Crippen molar-refractivity contribution in [3.63, 3.8) is 0 Å². The van der Waals surface area contributed by atoms with Gasteiger partial charge in [-0.15, -0.1) is 0 Å². The number of para-hydroxylation sites is 1. The van der Waals surface area contributed by atoms with Gasteiger partial charge >= 0.3 is 0 Å². The summed E-state index contributed by atoms with van der Waals surface area (Å²) in [5, 5.41) is 10.5. The predicted octanol–water partition coefficient (Wildman–Crippen LogP) is 3.37. The Hall–Kier alpha value is -2.05. The second-order valence-corrected chi connectivity index (χ2v) is 8.26. The lowest BCUT2D eigenvalue weighted by Gasteiger charge is -2.37. The fraction of sp³-hybridized carbons (Fsp3) is 0.545. The van der Waals surface area contributed by atoms with Gasteiger partial charge in [0.25, 0.3) is 0 Å². The summed E-state index contributed by atoms with van der Waals surface area (Å²) >= 11 is 6.39. The number of halogens is 1. The highest BCUT2D eigenvalue weighted by Crippen LogP contribution is 2.29. The quantitative estimate of drug-likeness (QED) is 0.780. The van der Waals surface area contributed by atoms with Crippen LogP contribution in [0.4, 0.5) is 17.3 Å². The van der Waals surface area contributed by atoms with Gasteiger partial charge in [-0.3, -0.25) is 0 Å². The van der Waals surface area contributed by atoms with E-state index >= 15 is 0 Å². The van der Waals surface area contributed by atoms with Gasteiger partial charge < -0.3 is 19.8 Å². The van der Waals surface area contributed by atoms with Gasteiger partial charge in [-0.2, -0.15) is 0 Å². The number of aromatic nitrogens is 2. The van der Waals surface area contributed by atoms with Crippen molar-refractivity contribution in [1.82, 2.24) is 9.97 Å². The number of aliphatic hydroxyl groups is 1. The van der Waals surface area contributed by atoms with Crippen LogP contribution in [0.2, 0.25) is 5.02 Å². The van der Waals surface area contributed by atoms with Crippen LogP contribution in [-0.4, -0.2) is 60.4 Å². The molecule has 2 aliphatic heterocycles. The largest absolute Gasteiger partial charge is 0.394 e. The maximum Gasteiger partial charge on any atom is 0.134 e. The van der Waals surface area contributed by atoms with Crippen LogP contribution in [0, 0.1) is 0 Å². The standard InChI is InChI=1S/C22H30ClN5O/c1-2-6-20-24-21(15-22(25-20)28-10-5-7-17(28)16-29)27-13-11-26(12-14-27)19-9-4-3-8-18(19)23/h3-4,8-9,15,17,29H,2,5-7,10-14,16H2,1H3. The Bertz CT molecular complexity index is 825. The maximum atomic E-state index is 9.74. The summed E-state index contributed by atoms with van der Waals surface area (Å²) in [6.45, 7) is 6.91. The van der Waals surface area contributed by atoms with Crippen LogP contribution in [0.25, 0.3) is 0 Å². The predicted molar refractivity (Wildman–Crippen MR) is 119 cm³/mol. The van der Waals surface area contributed by atoms with Crippen molar-refractivity contribution >= 4 is 28.9 Å². The van der Waals surface area contributed by atoms with E-state index in [-0.39, 0.29) is 12.6 Å². The van der Waals surface area contributed by atoms with E-state index in [0.29, 0.717) is 0 Å². The van der Waals surface area contributed by atoms with Gasteiger partial charge in [-0.1, -0.05) is 30.7 Å². The van der Waals surface area contributed by atoms with Gasteiger partial charge in [0.15, 0.2) is 0 Å². The third-order valence-electron chi connectivity index (χ3n) is 5.90. The number of anilines is 3. The summed E-state index contributed by atoms with van der Waals surface area (Å²) in [7, 11) is 0. The van der Waals surface area contributed by atoms with Crippen molar-refractivity contribution in [3.8, 4) is 0 Å². The molecule has 0 saturated carbocycles. The lowest BCUT2D eigenvalue weighted by molar-refractivity contribution is 0.266. The van der Waals surface area contributed by atoms with E-state index in [9.17, 15) is 5.11 Å². The van der Waals surface area contributed by atoms with E-state index in [1.54, 1.807) is 0 Å². The van der Waals surface area contributed by atoms with Crippen LogP contribution < -0.4 is 14.7 Å². The van der Waals surface area contributed by atoms with Crippen molar-refractivity contribution in [3.05, 3.63) is 41.2 Å². The Balaban J connectivity index is 1.53. The average Bonchev–Trinajstić information content (AvgIpc) is 3.23. The molecule has 4 rings (SSSR count). The molecule has 0 radical (unpaired) electrons. The third-order valence-corrected chi connectivity index (χ3v) is 6.22. The fourth-order valence-corrected chi connectivity index (χ4v) is 4.58. The van der Waals surface area contributed by atoms with Crippen molar-refractivity contribution in [2.45, 2.75) is 38.6 Å². The lowest BCUT2D eigenvalue weighted by atomic mass is 10.2. The minimum atomic E-state index is 0.171. The van der Waals surface area contributed by atoms with Crippen LogP contribution in [0.3, 0.4) is 0 Å². The molecule has 0 spiro atoms. The van der Waals surface area contributed by atoms with Gasteiger partial charge in [-0.05, 0) is 31.4 Å². The Morgan fingerprint density at radius 2 is 1.76 bits per heavy atom. The van der Waals surface area contributed by atoms with Crippen molar-refractivity contribution in [2.24, 2.45) is 0 Å². The van der Waals surface area contributed by atoms with E-state index in [4.69, 9.17) is 21.6 Å². The number of nitrogens with zero attached hydrogens (tertiary/aromatic N) is 5. The summed E-state index contributed by atoms with van der Waals surface area (Å²) < 4.78 is 0. The highest BCUT2D eigenvalue weighted by molar-refractivity contribution is 6.33. The molecule has 1 N–H and O–H groups in total. The molecule has 1 unspecified atom stereocenters. The topological polar surface area (TPSA) is 55.7 Å². The number of aryl methyl sites for hydroxylation is 1. The zero-order chi connectivity index (χ0) is 20.2. The van der Waals surface area contributed by atoms with E-state index in [0.717, 1.165) is 86.6 Å². The molecule has 156 valence electrons. The van der Waals surface area contributed by atoms with Crippen LogP contribution in [0.1, 0.15) is 32.0 Å². The van der Waals surface area contributed by atoms with E-state index in [1.807, 2.05) is 18.2 Å². The van der Waals surface area contributed by atoms with Crippen LogP contribution in [-0.2, 0) is 6.42 Å². The van der Waals surface area contributed by atoms with E-state index in [2.05, 4.69) is 33.8 Å². The summed E-state index contributed by atoms with van der Waals surface area (Å²) in [5.74, 6) is 2.86. The van der Waals surface area contributed by atoms with Gasteiger partial charge in [0.05, 0.1) is 23.4 Å². The SMILES string of the molecule is CCCc1nc(N2CCN(c3ccccc3Cl)CC2)cc(N2CCCC2CO)n1. The normalized spacial score (nSPS) is 19.8. The Kier molecular flexibility index (Phi) is 6.40. The first-order valence-electron chi connectivity index (χ1n) is 10.7. The van der Waals surface area contributed by atoms with Crippen LogP contribution in [0.15, 0.2) is 30.3 Å². The molecule has 0 aliphatic carbocycles. The second-order valence-electron chi connectivity index (χ2n) is 7.85. The first-order valence-corrected chi connectivity index (χ1v) is 11.1. The van der Waals surface area contributed by atoms with Gasteiger partial charge in [-0.25, -0.2) is 9.97 Å². The zero-order valence-electron chi connectivity index (χ0n) is 17.1. The van der Waals surface area contributed by atoms with E-state index in [1.165, 1.54) is 0 Å². The molecule has 1 aromatic carbocycles. The number of hydrogen-bond donors (Lipinski definition) is 1. The molecule has 0 bridgehead atoms. The first-order chi connectivity index (χ1) is 14.2. The average molecular weight is 416 g/mol. The Labute approximate surface area is 178 Å². The Morgan fingerprint density at radius 1 is 1.03 bits per heavy atom. The second kappa shape index (κ2) is 9.18. The van der Waals surface area contributed by atoms with Crippen molar-refractivity contribution in [2.75, 3.05) is 54.0 Å². The molecular formula is C22H30ClN5O. The van der Waals surface area contributed by atoms with Crippen LogP contribution in [0.5, 0.6) is 0 Å². The molecule has 2 aliphatic rings. The molecule has 2 fully saturated rings. The highest BCUT2D eigenvalue weighted by Gasteiger charge is 2.27. The minimum absolute atomic E-state index is 0.171. The monoisotopic (exact) mass is 415 g/mol. The summed E-state index contributed by atoms with van der Waals surface area (Å²) in [5.41, 5.74) is 1.10. The minimum Gasteiger partial charge on any atom is -0.394 e. The van der Waals surface area contributed by atoms with Gasteiger partial charge in [0, 0.05) is 45.2 Å². The molecule has 1 aromatic heterocycles. The maximum absolute atomic E-state index is 9.74. The molecule has 6 nitrogen and oxygen atoms in total. The van der Waals surface area contributed by atoms with Gasteiger partial charge in [0.2, 0.25) is 0 Å². The highest BCUT2D eigenvalue weighted by atomic mass is 35.5. The summed E-state index contributed by atoms with van der Waals surface area (Å²) in [4.78, 5) is 16.6. The molecule has 2 aromatic rings. The molecule has 7 heteroatoms. The number of piperazine rings is 1. The Morgan fingerprint density at radius 3 is 2.48 bits per heavy atom.